The highest BCUT2D eigenvalue weighted by Crippen LogP contribution is 2.32. The maximum absolute atomic E-state index is 12.1. The predicted octanol–water partition coefficient (Wildman–Crippen LogP) is 3.30. The zero-order valence-electron chi connectivity index (χ0n) is 12.7. The third kappa shape index (κ3) is 4.80. The maximum Gasteiger partial charge on any atom is 0.297 e. The van der Waals surface area contributed by atoms with Crippen molar-refractivity contribution >= 4 is 10.1 Å². The Morgan fingerprint density at radius 2 is 1.86 bits per heavy atom. The fraction of sp³-hybridized carbons (Fsp3) is 0.625. The molecule has 0 aliphatic heterocycles. The SMILES string of the molecule is CCCCOC[C@H]1C[C@@H](OS(=O)(=O)c2ccc(C)cc2)C1. The molecule has 0 saturated heterocycles. The van der Waals surface area contributed by atoms with Crippen LogP contribution in [0, 0.1) is 12.8 Å². The van der Waals surface area contributed by atoms with Crippen LogP contribution in [0.2, 0.25) is 0 Å². The van der Waals surface area contributed by atoms with E-state index < -0.39 is 10.1 Å². The Morgan fingerprint density at radius 1 is 1.19 bits per heavy atom. The Kier molecular flexibility index (Phi) is 5.79. The summed E-state index contributed by atoms with van der Waals surface area (Å²) in [4.78, 5) is 0.232. The van der Waals surface area contributed by atoms with Crippen molar-refractivity contribution in [3.63, 3.8) is 0 Å². The number of ether oxygens (including phenoxy) is 1. The van der Waals surface area contributed by atoms with E-state index in [1.165, 1.54) is 0 Å². The summed E-state index contributed by atoms with van der Waals surface area (Å²) in [6.45, 7) is 5.56. The second-order valence-corrected chi connectivity index (χ2v) is 7.32. The molecule has 2 rings (SSSR count). The van der Waals surface area contributed by atoms with E-state index in [0.717, 1.165) is 37.9 Å². The van der Waals surface area contributed by atoms with Crippen molar-refractivity contribution in [2.24, 2.45) is 5.92 Å². The van der Waals surface area contributed by atoms with E-state index in [9.17, 15) is 8.42 Å². The molecule has 4 nitrogen and oxygen atoms in total. The minimum atomic E-state index is -3.63. The van der Waals surface area contributed by atoms with Crippen LogP contribution in [0.5, 0.6) is 0 Å². The molecule has 0 bridgehead atoms. The molecule has 0 atom stereocenters. The van der Waals surface area contributed by atoms with Gasteiger partial charge in [0.2, 0.25) is 0 Å². The molecule has 0 aromatic heterocycles. The lowest BCUT2D eigenvalue weighted by Crippen LogP contribution is -2.35. The first kappa shape index (κ1) is 16.5. The van der Waals surface area contributed by atoms with Crippen LogP contribution < -0.4 is 0 Å². The van der Waals surface area contributed by atoms with Gasteiger partial charge in [-0.2, -0.15) is 8.42 Å². The topological polar surface area (TPSA) is 52.6 Å². The number of unbranched alkanes of at least 4 members (excludes halogenated alkanes) is 1. The molecule has 118 valence electrons. The van der Waals surface area contributed by atoms with Crippen molar-refractivity contribution in [1.29, 1.82) is 0 Å². The first-order chi connectivity index (χ1) is 10.0. The second-order valence-electron chi connectivity index (χ2n) is 5.75. The molecular weight excluding hydrogens is 288 g/mol. The first-order valence-electron chi connectivity index (χ1n) is 7.59. The van der Waals surface area contributed by atoms with Gasteiger partial charge in [0.05, 0.1) is 11.0 Å². The molecule has 0 spiro atoms. The molecule has 0 amide bonds. The van der Waals surface area contributed by atoms with Gasteiger partial charge in [-0.1, -0.05) is 31.0 Å². The van der Waals surface area contributed by atoms with Crippen LogP contribution in [0.1, 0.15) is 38.2 Å². The molecule has 1 aromatic rings. The Labute approximate surface area is 127 Å². The number of benzene rings is 1. The molecule has 1 saturated carbocycles. The third-order valence-electron chi connectivity index (χ3n) is 3.76. The van der Waals surface area contributed by atoms with E-state index >= 15 is 0 Å². The Hall–Kier alpha value is -0.910. The Bertz CT molecular complexity index is 530. The molecule has 0 N–H and O–H groups in total. The summed E-state index contributed by atoms with van der Waals surface area (Å²) in [7, 11) is -3.63. The molecule has 0 radical (unpaired) electrons. The molecule has 0 heterocycles. The molecular formula is C16H24O4S. The lowest BCUT2D eigenvalue weighted by atomic mass is 9.83. The van der Waals surface area contributed by atoms with Gasteiger partial charge in [0.1, 0.15) is 0 Å². The smallest absolute Gasteiger partial charge is 0.297 e. The first-order valence-corrected chi connectivity index (χ1v) is 9.00. The van der Waals surface area contributed by atoms with Crippen molar-refractivity contribution in [1.82, 2.24) is 0 Å². The van der Waals surface area contributed by atoms with Gasteiger partial charge in [-0.15, -0.1) is 0 Å². The zero-order chi connectivity index (χ0) is 15.3. The average Bonchev–Trinajstić information content (AvgIpc) is 2.40. The van der Waals surface area contributed by atoms with E-state index in [1.807, 2.05) is 6.92 Å². The quantitative estimate of drug-likeness (QED) is 0.546. The minimum Gasteiger partial charge on any atom is -0.381 e. The van der Waals surface area contributed by atoms with Gasteiger partial charge in [-0.3, -0.25) is 4.18 Å². The summed E-state index contributed by atoms with van der Waals surface area (Å²) >= 11 is 0. The summed E-state index contributed by atoms with van der Waals surface area (Å²) in [5, 5.41) is 0. The molecule has 1 aliphatic rings. The summed E-state index contributed by atoms with van der Waals surface area (Å²) in [6, 6.07) is 6.74. The molecule has 1 fully saturated rings. The van der Waals surface area contributed by atoms with Crippen LogP contribution in [0.4, 0.5) is 0 Å². The van der Waals surface area contributed by atoms with Crippen molar-refractivity contribution in [2.45, 2.75) is 50.5 Å². The highest BCUT2D eigenvalue weighted by molar-refractivity contribution is 7.86. The normalized spacial score (nSPS) is 22.0. The van der Waals surface area contributed by atoms with Gasteiger partial charge in [0, 0.05) is 13.2 Å². The van der Waals surface area contributed by atoms with Crippen molar-refractivity contribution in [2.75, 3.05) is 13.2 Å². The highest BCUT2D eigenvalue weighted by atomic mass is 32.2. The molecule has 1 aliphatic carbocycles. The second kappa shape index (κ2) is 7.38. The van der Waals surface area contributed by atoms with E-state index in [0.29, 0.717) is 12.5 Å². The highest BCUT2D eigenvalue weighted by Gasteiger charge is 2.34. The summed E-state index contributed by atoms with van der Waals surface area (Å²) in [5.41, 5.74) is 1.03. The van der Waals surface area contributed by atoms with Crippen LogP contribution in [0.15, 0.2) is 29.2 Å². The lowest BCUT2D eigenvalue weighted by molar-refractivity contribution is 0.00506. The summed E-state index contributed by atoms with van der Waals surface area (Å²) in [6.07, 6.45) is 3.53. The monoisotopic (exact) mass is 312 g/mol. The maximum atomic E-state index is 12.1. The fourth-order valence-electron chi connectivity index (χ4n) is 2.33. The molecule has 21 heavy (non-hydrogen) atoms. The Morgan fingerprint density at radius 3 is 2.48 bits per heavy atom. The minimum absolute atomic E-state index is 0.198. The number of hydrogen-bond acceptors (Lipinski definition) is 4. The lowest BCUT2D eigenvalue weighted by Gasteiger charge is -2.34. The third-order valence-corrected chi connectivity index (χ3v) is 5.14. The molecule has 0 unspecified atom stereocenters. The largest absolute Gasteiger partial charge is 0.381 e. The fourth-order valence-corrected chi connectivity index (χ4v) is 3.42. The van der Waals surface area contributed by atoms with Gasteiger partial charge in [0.15, 0.2) is 0 Å². The van der Waals surface area contributed by atoms with Crippen LogP contribution in [0.3, 0.4) is 0 Å². The van der Waals surface area contributed by atoms with E-state index in [2.05, 4.69) is 6.92 Å². The summed E-state index contributed by atoms with van der Waals surface area (Å²) in [5.74, 6) is 0.431. The van der Waals surface area contributed by atoms with Gasteiger partial charge in [0.25, 0.3) is 10.1 Å². The van der Waals surface area contributed by atoms with Crippen LogP contribution in [-0.4, -0.2) is 27.7 Å². The molecule has 1 aromatic carbocycles. The standard InChI is InChI=1S/C16H24O4S/c1-3-4-9-19-12-14-10-15(11-14)20-21(17,18)16-7-5-13(2)6-8-16/h5-8,14-15H,3-4,9-12H2,1-2H3/t14-,15+. The van der Waals surface area contributed by atoms with E-state index in [4.69, 9.17) is 8.92 Å². The number of rotatable bonds is 8. The number of hydrogen-bond donors (Lipinski definition) is 0. The average molecular weight is 312 g/mol. The Balaban J connectivity index is 1.75. The van der Waals surface area contributed by atoms with Crippen LogP contribution in [0.25, 0.3) is 0 Å². The van der Waals surface area contributed by atoms with Crippen molar-refractivity contribution in [3.05, 3.63) is 29.8 Å². The molecule has 5 heteroatoms. The van der Waals surface area contributed by atoms with Crippen molar-refractivity contribution < 1.29 is 17.3 Å². The van der Waals surface area contributed by atoms with E-state index in [1.54, 1.807) is 24.3 Å². The van der Waals surface area contributed by atoms with Crippen LogP contribution in [-0.2, 0) is 19.0 Å². The number of aryl methyl sites for hydroxylation is 1. The van der Waals surface area contributed by atoms with Gasteiger partial charge >= 0.3 is 0 Å². The van der Waals surface area contributed by atoms with Gasteiger partial charge in [-0.05, 0) is 44.2 Å². The predicted molar refractivity (Wildman–Crippen MR) is 81.7 cm³/mol. The summed E-state index contributed by atoms with van der Waals surface area (Å²) < 4.78 is 35.0. The zero-order valence-corrected chi connectivity index (χ0v) is 13.6. The van der Waals surface area contributed by atoms with Crippen LogP contribution >= 0.6 is 0 Å². The van der Waals surface area contributed by atoms with E-state index in [-0.39, 0.29) is 11.0 Å². The van der Waals surface area contributed by atoms with Crippen molar-refractivity contribution in [3.8, 4) is 0 Å². The van der Waals surface area contributed by atoms with Gasteiger partial charge in [-0.25, -0.2) is 0 Å². The van der Waals surface area contributed by atoms with Gasteiger partial charge < -0.3 is 4.74 Å².